The van der Waals surface area contributed by atoms with Crippen LogP contribution in [0, 0.1) is 10.1 Å². The topological polar surface area (TPSA) is 112 Å². The van der Waals surface area contributed by atoms with Gasteiger partial charge in [-0.3, -0.25) is 19.7 Å². The van der Waals surface area contributed by atoms with E-state index in [1.807, 2.05) is 0 Å². The molecule has 3 rings (SSSR count). The van der Waals surface area contributed by atoms with E-state index in [2.05, 4.69) is 0 Å². The average molecular weight is 326 g/mol. The Balaban J connectivity index is 2.09. The number of carbonyl (C=O) groups excluding carboxylic acids is 2. The summed E-state index contributed by atoms with van der Waals surface area (Å²) in [5.74, 6) is -1.77. The predicted molar refractivity (Wildman–Crippen MR) is 83.3 cm³/mol. The average Bonchev–Trinajstić information content (AvgIpc) is 2.89. The molecule has 0 bridgehead atoms. The Kier molecular flexibility index (Phi) is 3.57. The van der Waals surface area contributed by atoms with Crippen molar-refractivity contribution in [2.45, 2.75) is 6.92 Å². The lowest BCUT2D eigenvalue weighted by Crippen LogP contribution is -2.23. The van der Waals surface area contributed by atoms with Gasteiger partial charge in [-0.15, -0.1) is 0 Å². The number of carbonyl (C=O) groups is 2. The molecule has 24 heavy (non-hydrogen) atoms. The Hall–Kier alpha value is -3.55. The number of Topliss-reactive ketones (excluding diaryl/α,β-unsaturated/α-hetero) is 1. The van der Waals surface area contributed by atoms with Crippen LogP contribution in [0.25, 0.3) is 11.1 Å². The summed E-state index contributed by atoms with van der Waals surface area (Å²) in [4.78, 5) is 45.9. The quantitative estimate of drug-likeness (QED) is 0.415. The zero-order valence-electron chi connectivity index (χ0n) is 12.4. The first kappa shape index (κ1) is 15.3. The molecule has 0 atom stereocenters. The number of hydrogen-bond donors (Lipinski definition) is 0. The molecule has 0 aliphatic rings. The second-order valence-corrected chi connectivity index (χ2v) is 5.05. The maximum atomic E-state index is 12.5. The van der Waals surface area contributed by atoms with E-state index < -0.39 is 16.6 Å². The molecule has 0 fully saturated rings. The largest absolute Gasteiger partial charge is 0.427 e. The fourth-order valence-corrected chi connectivity index (χ4v) is 2.28. The maximum absolute atomic E-state index is 12.5. The molecule has 0 saturated heterocycles. The fraction of sp³-hybridized carbons (Fsp3) is 0.0625. The lowest BCUT2D eigenvalue weighted by molar-refractivity contribution is -0.384. The fourth-order valence-electron chi connectivity index (χ4n) is 2.28. The number of ketones is 1. The van der Waals surface area contributed by atoms with Crippen LogP contribution in [-0.4, -0.2) is 21.2 Å². The summed E-state index contributed by atoms with van der Waals surface area (Å²) in [6, 6.07) is 9.19. The number of nitro benzene ring substituents is 1. The van der Waals surface area contributed by atoms with Gasteiger partial charge in [0.15, 0.2) is 11.4 Å². The maximum Gasteiger partial charge on any atom is 0.427 e. The molecule has 3 aromatic rings. The third kappa shape index (κ3) is 2.50. The number of non-ortho nitro benzene ring substituents is 1. The van der Waals surface area contributed by atoms with Gasteiger partial charge in [-0.05, 0) is 37.3 Å². The van der Waals surface area contributed by atoms with Crippen molar-refractivity contribution in [1.29, 1.82) is 0 Å². The van der Waals surface area contributed by atoms with Gasteiger partial charge in [0.05, 0.1) is 10.4 Å². The molecule has 1 aromatic heterocycles. The minimum absolute atomic E-state index is 0.0982. The lowest BCUT2D eigenvalue weighted by atomic mass is 10.1. The highest BCUT2D eigenvalue weighted by atomic mass is 16.6. The molecule has 120 valence electrons. The summed E-state index contributed by atoms with van der Waals surface area (Å²) < 4.78 is 5.84. The normalized spacial score (nSPS) is 10.7. The van der Waals surface area contributed by atoms with Gasteiger partial charge in [-0.2, -0.15) is 0 Å². The van der Waals surface area contributed by atoms with E-state index in [0.29, 0.717) is 5.56 Å². The molecular weight excluding hydrogens is 316 g/mol. The van der Waals surface area contributed by atoms with Gasteiger partial charge in [-0.1, -0.05) is 0 Å². The van der Waals surface area contributed by atoms with E-state index in [1.54, 1.807) is 0 Å². The van der Waals surface area contributed by atoms with Crippen molar-refractivity contribution in [3.05, 3.63) is 74.3 Å². The van der Waals surface area contributed by atoms with Crippen LogP contribution in [0.2, 0.25) is 0 Å². The molecule has 0 unspecified atom stereocenters. The predicted octanol–water partition coefficient (Wildman–Crippen LogP) is 2.39. The van der Waals surface area contributed by atoms with Crippen LogP contribution in [0.3, 0.4) is 0 Å². The van der Waals surface area contributed by atoms with Crippen molar-refractivity contribution in [2.75, 3.05) is 0 Å². The van der Waals surface area contributed by atoms with Gasteiger partial charge in [0.25, 0.3) is 11.6 Å². The van der Waals surface area contributed by atoms with Crippen molar-refractivity contribution in [3.63, 3.8) is 0 Å². The van der Waals surface area contributed by atoms with Crippen LogP contribution in [0.1, 0.15) is 27.6 Å². The van der Waals surface area contributed by atoms with Crippen LogP contribution in [0.15, 0.2) is 51.7 Å². The highest BCUT2D eigenvalue weighted by Crippen LogP contribution is 2.18. The number of oxazole rings is 1. The standard InChI is InChI=1S/C16H10N2O6/c1-9(19)11-4-7-13-14(8-11)24-16(21)17(13)15(20)10-2-5-12(6-3-10)18(22)23/h2-8H,1H3. The molecule has 0 saturated carbocycles. The molecule has 2 aromatic carbocycles. The van der Waals surface area contributed by atoms with Crippen molar-refractivity contribution >= 4 is 28.5 Å². The molecule has 0 aliphatic carbocycles. The zero-order valence-corrected chi connectivity index (χ0v) is 12.4. The number of aromatic nitrogens is 1. The van der Waals surface area contributed by atoms with Crippen LogP contribution in [0.5, 0.6) is 0 Å². The summed E-state index contributed by atoms with van der Waals surface area (Å²) in [5, 5.41) is 10.6. The molecule has 0 amide bonds. The molecular formula is C16H10N2O6. The molecule has 0 aliphatic heterocycles. The summed E-state index contributed by atoms with van der Waals surface area (Å²) in [7, 11) is 0. The SMILES string of the molecule is CC(=O)c1ccc2c(c1)oc(=O)n2C(=O)c1ccc([N+](=O)[O-])cc1. The Labute approximate surface area is 134 Å². The molecule has 1 heterocycles. The van der Waals surface area contributed by atoms with E-state index in [4.69, 9.17) is 4.42 Å². The van der Waals surface area contributed by atoms with E-state index in [0.717, 1.165) is 4.57 Å². The first-order valence-corrected chi connectivity index (χ1v) is 6.84. The number of hydrogen-bond acceptors (Lipinski definition) is 6. The number of nitrogens with zero attached hydrogens (tertiary/aromatic N) is 2. The van der Waals surface area contributed by atoms with Gasteiger partial charge >= 0.3 is 5.76 Å². The lowest BCUT2D eigenvalue weighted by Gasteiger charge is -2.01. The van der Waals surface area contributed by atoms with Crippen molar-refractivity contribution < 1.29 is 18.9 Å². The van der Waals surface area contributed by atoms with Crippen LogP contribution >= 0.6 is 0 Å². The van der Waals surface area contributed by atoms with Crippen molar-refractivity contribution in [1.82, 2.24) is 4.57 Å². The monoisotopic (exact) mass is 326 g/mol. The first-order valence-electron chi connectivity index (χ1n) is 6.84. The minimum atomic E-state index is -0.894. The summed E-state index contributed by atoms with van der Waals surface area (Å²) >= 11 is 0. The second-order valence-electron chi connectivity index (χ2n) is 5.05. The van der Waals surface area contributed by atoms with Gasteiger partial charge < -0.3 is 4.42 Å². The molecule has 8 heteroatoms. The van der Waals surface area contributed by atoms with E-state index in [-0.39, 0.29) is 28.1 Å². The van der Waals surface area contributed by atoms with Crippen LogP contribution in [0.4, 0.5) is 5.69 Å². The second kappa shape index (κ2) is 5.58. The minimum Gasteiger partial charge on any atom is -0.407 e. The molecule has 0 spiro atoms. The Morgan fingerprint density at radius 2 is 1.71 bits per heavy atom. The van der Waals surface area contributed by atoms with Gasteiger partial charge in [0.1, 0.15) is 0 Å². The van der Waals surface area contributed by atoms with Crippen molar-refractivity contribution in [3.8, 4) is 0 Å². The Morgan fingerprint density at radius 1 is 1.08 bits per heavy atom. The van der Waals surface area contributed by atoms with Crippen molar-refractivity contribution in [2.24, 2.45) is 0 Å². The van der Waals surface area contributed by atoms with E-state index in [9.17, 15) is 24.5 Å². The molecule has 8 nitrogen and oxygen atoms in total. The number of nitro groups is 1. The third-order valence-corrected chi connectivity index (χ3v) is 3.52. The van der Waals surface area contributed by atoms with E-state index >= 15 is 0 Å². The number of benzene rings is 2. The zero-order chi connectivity index (χ0) is 17.4. The van der Waals surface area contributed by atoms with Gasteiger partial charge in [0, 0.05) is 23.3 Å². The van der Waals surface area contributed by atoms with Crippen LogP contribution < -0.4 is 5.76 Å². The summed E-state index contributed by atoms with van der Waals surface area (Å²) in [6.45, 7) is 1.37. The third-order valence-electron chi connectivity index (χ3n) is 3.52. The first-order chi connectivity index (χ1) is 11.4. The van der Waals surface area contributed by atoms with Gasteiger partial charge in [0.2, 0.25) is 0 Å². The Bertz CT molecular complexity index is 1040. The Morgan fingerprint density at radius 3 is 2.29 bits per heavy atom. The van der Waals surface area contributed by atoms with E-state index in [1.165, 1.54) is 49.4 Å². The van der Waals surface area contributed by atoms with Crippen LogP contribution in [-0.2, 0) is 0 Å². The molecule has 0 radical (unpaired) electrons. The highest BCUT2D eigenvalue weighted by Gasteiger charge is 2.19. The highest BCUT2D eigenvalue weighted by molar-refractivity contribution is 6.02. The molecule has 0 N–H and O–H groups in total. The van der Waals surface area contributed by atoms with Gasteiger partial charge in [-0.25, -0.2) is 9.36 Å². The number of rotatable bonds is 3. The number of fused-ring (bicyclic) bond motifs is 1. The summed E-state index contributed by atoms with van der Waals surface area (Å²) in [5.41, 5.74) is 0.616. The summed E-state index contributed by atoms with van der Waals surface area (Å²) in [6.07, 6.45) is 0. The smallest absolute Gasteiger partial charge is 0.407 e.